The number of anilines is 1. The largest absolute Gasteiger partial charge is 0.312 e. The van der Waals surface area contributed by atoms with Crippen molar-refractivity contribution in [1.82, 2.24) is 4.72 Å². The summed E-state index contributed by atoms with van der Waals surface area (Å²) in [5, 5.41) is 0. The molecule has 1 heterocycles. The van der Waals surface area contributed by atoms with Gasteiger partial charge in [0.15, 0.2) is 0 Å². The minimum Gasteiger partial charge on any atom is -0.312 e. The lowest BCUT2D eigenvalue weighted by Crippen LogP contribution is -2.32. The van der Waals surface area contributed by atoms with Crippen LogP contribution in [0.2, 0.25) is 0 Å². The lowest BCUT2D eigenvalue weighted by molar-refractivity contribution is -0.121. The minimum atomic E-state index is -3.57. The Balaban J connectivity index is 1.75. The third-order valence-electron chi connectivity index (χ3n) is 4.89. The third kappa shape index (κ3) is 4.06. The number of carbonyl (C=O) groups excluding carboxylic acids is 1. The van der Waals surface area contributed by atoms with E-state index in [0.29, 0.717) is 11.4 Å². The fraction of sp³-hybridized carbons (Fsp3) is 0.381. The van der Waals surface area contributed by atoms with Gasteiger partial charge in [-0.15, -0.1) is 0 Å². The molecule has 2 aromatic rings. The highest BCUT2D eigenvalue weighted by molar-refractivity contribution is 7.89. The van der Waals surface area contributed by atoms with Crippen molar-refractivity contribution in [3.05, 3.63) is 58.7 Å². The number of fused-ring (bicyclic) bond motifs is 1. The van der Waals surface area contributed by atoms with E-state index in [0.717, 1.165) is 34.4 Å². The van der Waals surface area contributed by atoms with Crippen molar-refractivity contribution < 1.29 is 13.2 Å². The molecule has 0 saturated carbocycles. The molecule has 5 nitrogen and oxygen atoms in total. The molecule has 0 saturated heterocycles. The van der Waals surface area contributed by atoms with E-state index in [-0.39, 0.29) is 18.4 Å². The SMILES string of the molecule is Cc1ccc(S(=O)(=O)NCc2ccc3c(c2)CCN3C(=O)C(C)C)c(C)c1. The molecular formula is C21H26N2O3S. The average molecular weight is 387 g/mol. The van der Waals surface area contributed by atoms with Gasteiger partial charge in [0.25, 0.3) is 0 Å². The first kappa shape index (κ1) is 19.6. The normalized spacial score (nSPS) is 13.9. The number of benzene rings is 2. The molecule has 1 aliphatic rings. The molecule has 0 spiro atoms. The van der Waals surface area contributed by atoms with Crippen molar-refractivity contribution in [1.29, 1.82) is 0 Å². The van der Waals surface area contributed by atoms with Crippen molar-refractivity contribution in [3.63, 3.8) is 0 Å². The molecule has 0 aromatic heterocycles. The zero-order valence-electron chi connectivity index (χ0n) is 16.2. The van der Waals surface area contributed by atoms with Gasteiger partial charge < -0.3 is 4.90 Å². The highest BCUT2D eigenvalue weighted by Gasteiger charge is 2.26. The minimum absolute atomic E-state index is 0.0415. The number of nitrogens with zero attached hydrogens (tertiary/aromatic N) is 1. The van der Waals surface area contributed by atoms with Crippen LogP contribution < -0.4 is 9.62 Å². The van der Waals surface area contributed by atoms with Crippen molar-refractivity contribution >= 4 is 21.6 Å². The number of aryl methyl sites for hydroxylation is 2. The molecule has 0 atom stereocenters. The maximum absolute atomic E-state index is 12.6. The van der Waals surface area contributed by atoms with E-state index in [1.807, 2.05) is 49.9 Å². The predicted octanol–water partition coefficient (Wildman–Crippen LogP) is 3.33. The summed E-state index contributed by atoms with van der Waals surface area (Å²) in [6.07, 6.45) is 0.797. The van der Waals surface area contributed by atoms with Crippen LogP contribution in [-0.4, -0.2) is 20.9 Å². The van der Waals surface area contributed by atoms with Gasteiger partial charge in [-0.05, 0) is 49.1 Å². The van der Waals surface area contributed by atoms with Crippen LogP contribution in [0, 0.1) is 19.8 Å². The Kier molecular flexibility index (Phi) is 5.40. The van der Waals surface area contributed by atoms with E-state index in [1.165, 1.54) is 0 Å². The summed E-state index contributed by atoms with van der Waals surface area (Å²) in [7, 11) is -3.57. The maximum Gasteiger partial charge on any atom is 0.241 e. The molecular weight excluding hydrogens is 360 g/mol. The van der Waals surface area contributed by atoms with Gasteiger partial charge in [0.2, 0.25) is 15.9 Å². The van der Waals surface area contributed by atoms with E-state index in [4.69, 9.17) is 0 Å². The van der Waals surface area contributed by atoms with E-state index in [1.54, 1.807) is 19.1 Å². The van der Waals surface area contributed by atoms with Crippen LogP contribution in [0.5, 0.6) is 0 Å². The van der Waals surface area contributed by atoms with Crippen molar-refractivity contribution in [2.24, 2.45) is 5.92 Å². The summed E-state index contributed by atoms with van der Waals surface area (Å²) in [6.45, 7) is 8.45. The zero-order valence-corrected chi connectivity index (χ0v) is 17.1. The molecule has 1 amide bonds. The lowest BCUT2D eigenvalue weighted by atomic mass is 10.1. The van der Waals surface area contributed by atoms with Crippen molar-refractivity contribution in [2.45, 2.75) is 45.6 Å². The van der Waals surface area contributed by atoms with Crippen LogP contribution in [0.1, 0.15) is 36.1 Å². The Labute approximate surface area is 161 Å². The number of amides is 1. The van der Waals surface area contributed by atoms with Crippen molar-refractivity contribution in [3.8, 4) is 0 Å². The van der Waals surface area contributed by atoms with Gasteiger partial charge in [0.05, 0.1) is 4.90 Å². The van der Waals surface area contributed by atoms with Gasteiger partial charge in [-0.2, -0.15) is 0 Å². The highest BCUT2D eigenvalue weighted by atomic mass is 32.2. The van der Waals surface area contributed by atoms with Crippen LogP contribution in [0.15, 0.2) is 41.3 Å². The topological polar surface area (TPSA) is 66.5 Å². The third-order valence-corrected chi connectivity index (χ3v) is 6.45. The van der Waals surface area contributed by atoms with Crippen LogP contribution >= 0.6 is 0 Å². The molecule has 1 N–H and O–H groups in total. The molecule has 2 aromatic carbocycles. The molecule has 3 rings (SSSR count). The number of carbonyl (C=O) groups is 1. The molecule has 0 fully saturated rings. The first-order chi connectivity index (χ1) is 12.7. The summed E-state index contributed by atoms with van der Waals surface area (Å²) in [6, 6.07) is 11.1. The van der Waals surface area contributed by atoms with E-state index in [2.05, 4.69) is 4.72 Å². The standard InChI is InChI=1S/C21H26N2O3S/c1-14(2)21(24)23-10-9-18-12-17(6-7-19(18)23)13-22-27(25,26)20-8-5-15(3)11-16(20)4/h5-8,11-12,14,22H,9-10,13H2,1-4H3. The monoisotopic (exact) mass is 386 g/mol. The summed E-state index contributed by atoms with van der Waals surface area (Å²) < 4.78 is 27.9. The molecule has 144 valence electrons. The summed E-state index contributed by atoms with van der Waals surface area (Å²) in [5.74, 6) is 0.0808. The molecule has 1 aliphatic heterocycles. The van der Waals surface area contributed by atoms with Gasteiger partial charge in [0.1, 0.15) is 0 Å². The summed E-state index contributed by atoms with van der Waals surface area (Å²) in [5.41, 5.74) is 4.69. The smallest absolute Gasteiger partial charge is 0.241 e. The maximum atomic E-state index is 12.6. The molecule has 0 radical (unpaired) electrons. The lowest BCUT2D eigenvalue weighted by Gasteiger charge is -2.19. The van der Waals surface area contributed by atoms with Gasteiger partial charge >= 0.3 is 0 Å². The second-order valence-corrected chi connectivity index (χ2v) is 9.19. The second kappa shape index (κ2) is 7.44. The van der Waals surface area contributed by atoms with Crippen molar-refractivity contribution in [2.75, 3.05) is 11.4 Å². The molecule has 27 heavy (non-hydrogen) atoms. The summed E-state index contributed by atoms with van der Waals surface area (Å²) >= 11 is 0. The van der Waals surface area contributed by atoms with Crippen LogP contribution in [0.25, 0.3) is 0 Å². The number of hydrogen-bond acceptors (Lipinski definition) is 3. The second-order valence-electron chi connectivity index (χ2n) is 7.45. The highest BCUT2D eigenvalue weighted by Crippen LogP contribution is 2.30. The van der Waals surface area contributed by atoms with Gasteiger partial charge in [-0.3, -0.25) is 4.79 Å². The number of rotatable bonds is 5. The Morgan fingerprint density at radius 2 is 1.89 bits per heavy atom. The Hall–Kier alpha value is -2.18. The Morgan fingerprint density at radius 1 is 1.15 bits per heavy atom. The molecule has 0 bridgehead atoms. The average Bonchev–Trinajstić information content (AvgIpc) is 3.02. The van der Waals surface area contributed by atoms with Gasteiger partial charge in [-0.1, -0.05) is 43.7 Å². The van der Waals surface area contributed by atoms with Gasteiger partial charge in [-0.25, -0.2) is 13.1 Å². The fourth-order valence-electron chi connectivity index (χ4n) is 3.46. The van der Waals surface area contributed by atoms with E-state index >= 15 is 0 Å². The Morgan fingerprint density at radius 3 is 2.56 bits per heavy atom. The van der Waals surface area contributed by atoms with E-state index < -0.39 is 10.0 Å². The number of nitrogens with one attached hydrogen (secondary N) is 1. The number of sulfonamides is 1. The van der Waals surface area contributed by atoms with E-state index in [9.17, 15) is 13.2 Å². The molecule has 6 heteroatoms. The molecule has 0 unspecified atom stereocenters. The zero-order chi connectivity index (χ0) is 19.8. The number of hydrogen-bond donors (Lipinski definition) is 1. The quantitative estimate of drug-likeness (QED) is 0.857. The molecule has 0 aliphatic carbocycles. The van der Waals surface area contributed by atoms with Gasteiger partial charge in [0, 0.05) is 24.7 Å². The van der Waals surface area contributed by atoms with Crippen LogP contribution in [-0.2, 0) is 27.8 Å². The van der Waals surface area contributed by atoms with Crippen LogP contribution in [0.3, 0.4) is 0 Å². The predicted molar refractivity (Wildman–Crippen MR) is 107 cm³/mol. The summed E-state index contributed by atoms with van der Waals surface area (Å²) in [4.78, 5) is 14.4. The van der Waals surface area contributed by atoms with Crippen LogP contribution in [0.4, 0.5) is 5.69 Å². The first-order valence-electron chi connectivity index (χ1n) is 9.19. The first-order valence-corrected chi connectivity index (χ1v) is 10.7. The Bertz CT molecular complexity index is 981. The fourth-order valence-corrected chi connectivity index (χ4v) is 4.70.